The van der Waals surface area contributed by atoms with Gasteiger partial charge in [-0.1, -0.05) is 70.2 Å². The second-order valence-electron chi connectivity index (χ2n) is 5.30. The van der Waals surface area contributed by atoms with Crippen LogP contribution in [0.1, 0.15) is 10.8 Å². The molecule has 0 saturated heterocycles. The fourth-order valence-electron chi connectivity index (χ4n) is 2.41. The molecular weight excluding hydrogens is 386 g/mol. The number of halogens is 1. The molecule has 1 heterocycles. The van der Waals surface area contributed by atoms with Crippen LogP contribution < -0.4 is 5.73 Å². The van der Waals surface area contributed by atoms with Gasteiger partial charge in [-0.15, -0.1) is 0 Å². The SMILES string of the molecule is Cn1c(-c2ccc(Br)cc2)cnc1SC(C(N)=O)c1ccccc1. The fraction of sp³-hybridized carbons (Fsp3) is 0.111. The summed E-state index contributed by atoms with van der Waals surface area (Å²) < 4.78 is 3.01. The summed E-state index contributed by atoms with van der Waals surface area (Å²) in [7, 11) is 1.94. The minimum Gasteiger partial charge on any atom is -0.368 e. The van der Waals surface area contributed by atoms with E-state index in [4.69, 9.17) is 5.73 Å². The molecule has 4 nitrogen and oxygen atoms in total. The second kappa shape index (κ2) is 7.23. The van der Waals surface area contributed by atoms with E-state index in [1.165, 1.54) is 11.8 Å². The van der Waals surface area contributed by atoms with E-state index < -0.39 is 5.25 Å². The van der Waals surface area contributed by atoms with Gasteiger partial charge in [-0.05, 0) is 23.3 Å². The topological polar surface area (TPSA) is 60.9 Å². The molecule has 1 atom stereocenters. The molecule has 0 radical (unpaired) electrons. The zero-order valence-corrected chi connectivity index (χ0v) is 15.4. The van der Waals surface area contributed by atoms with Crippen LogP contribution in [0, 0.1) is 0 Å². The van der Waals surface area contributed by atoms with Crippen molar-refractivity contribution in [2.45, 2.75) is 10.4 Å². The van der Waals surface area contributed by atoms with E-state index in [0.29, 0.717) is 0 Å². The number of imidazole rings is 1. The highest BCUT2D eigenvalue weighted by Crippen LogP contribution is 2.35. The van der Waals surface area contributed by atoms with Gasteiger partial charge in [0.1, 0.15) is 5.25 Å². The molecule has 2 N–H and O–H groups in total. The first kappa shape index (κ1) is 16.8. The molecule has 3 aromatic rings. The lowest BCUT2D eigenvalue weighted by Gasteiger charge is -2.13. The lowest BCUT2D eigenvalue weighted by molar-refractivity contribution is -0.117. The quantitative estimate of drug-likeness (QED) is 0.652. The summed E-state index contributed by atoms with van der Waals surface area (Å²) in [5.41, 5.74) is 8.53. The summed E-state index contributed by atoms with van der Waals surface area (Å²) in [5.74, 6) is -0.376. The van der Waals surface area contributed by atoms with Crippen molar-refractivity contribution in [3.05, 3.63) is 70.8 Å². The zero-order valence-electron chi connectivity index (χ0n) is 13.0. The van der Waals surface area contributed by atoms with Crippen LogP contribution in [0.15, 0.2) is 70.4 Å². The predicted octanol–water partition coefficient (Wildman–Crippen LogP) is 4.17. The Morgan fingerprint density at radius 3 is 2.46 bits per heavy atom. The lowest BCUT2D eigenvalue weighted by Crippen LogP contribution is -2.19. The highest BCUT2D eigenvalue weighted by Gasteiger charge is 2.22. The highest BCUT2D eigenvalue weighted by atomic mass is 79.9. The Balaban J connectivity index is 1.90. The maximum atomic E-state index is 11.9. The van der Waals surface area contributed by atoms with Crippen LogP contribution in [0.25, 0.3) is 11.3 Å². The van der Waals surface area contributed by atoms with E-state index in [9.17, 15) is 4.79 Å². The predicted molar refractivity (Wildman–Crippen MR) is 101 cm³/mol. The molecule has 0 fully saturated rings. The summed E-state index contributed by atoms with van der Waals surface area (Å²) >= 11 is 4.80. The number of rotatable bonds is 5. The number of primary amides is 1. The zero-order chi connectivity index (χ0) is 17.1. The maximum Gasteiger partial charge on any atom is 0.235 e. The van der Waals surface area contributed by atoms with Crippen molar-refractivity contribution in [2.24, 2.45) is 12.8 Å². The van der Waals surface area contributed by atoms with E-state index in [1.807, 2.05) is 72.4 Å². The monoisotopic (exact) mass is 401 g/mol. The Morgan fingerprint density at radius 1 is 1.17 bits per heavy atom. The molecule has 24 heavy (non-hydrogen) atoms. The van der Waals surface area contributed by atoms with Crippen LogP contribution in [-0.4, -0.2) is 15.5 Å². The van der Waals surface area contributed by atoms with Gasteiger partial charge in [0.15, 0.2) is 5.16 Å². The number of thioether (sulfide) groups is 1. The fourth-order valence-corrected chi connectivity index (χ4v) is 3.67. The van der Waals surface area contributed by atoms with Gasteiger partial charge in [-0.25, -0.2) is 4.98 Å². The Labute approximate surface area is 153 Å². The number of amides is 1. The average molecular weight is 402 g/mol. The van der Waals surface area contributed by atoms with Crippen molar-refractivity contribution < 1.29 is 4.79 Å². The number of hydrogen-bond acceptors (Lipinski definition) is 3. The smallest absolute Gasteiger partial charge is 0.235 e. The Hall–Kier alpha value is -2.05. The minimum absolute atomic E-state index is 0.376. The number of nitrogens with zero attached hydrogens (tertiary/aromatic N) is 2. The maximum absolute atomic E-state index is 11.9. The van der Waals surface area contributed by atoms with Gasteiger partial charge in [0.2, 0.25) is 5.91 Å². The summed E-state index contributed by atoms with van der Waals surface area (Å²) in [4.78, 5) is 16.4. The molecule has 0 aliphatic heterocycles. The Kier molecular flexibility index (Phi) is 5.06. The van der Waals surface area contributed by atoms with Crippen LogP contribution in [0.4, 0.5) is 0 Å². The summed E-state index contributed by atoms with van der Waals surface area (Å²) in [5, 5.41) is 0.283. The third kappa shape index (κ3) is 3.55. The summed E-state index contributed by atoms with van der Waals surface area (Å²) in [6.45, 7) is 0. The van der Waals surface area contributed by atoms with E-state index in [2.05, 4.69) is 20.9 Å². The molecule has 3 rings (SSSR count). The number of carbonyl (C=O) groups excluding carboxylic acids is 1. The molecule has 122 valence electrons. The molecule has 1 amide bonds. The molecule has 0 aliphatic rings. The number of nitrogens with two attached hydrogens (primary N) is 1. The summed E-state index contributed by atoms with van der Waals surface area (Å²) in [6.07, 6.45) is 1.81. The van der Waals surface area contributed by atoms with E-state index in [0.717, 1.165) is 26.4 Å². The van der Waals surface area contributed by atoms with Gasteiger partial charge < -0.3 is 10.3 Å². The van der Waals surface area contributed by atoms with Crippen molar-refractivity contribution in [3.8, 4) is 11.3 Å². The summed E-state index contributed by atoms with van der Waals surface area (Å²) in [6, 6.07) is 17.6. The molecule has 0 saturated carbocycles. The van der Waals surface area contributed by atoms with Crippen LogP contribution in [0.3, 0.4) is 0 Å². The third-order valence-corrected chi connectivity index (χ3v) is 5.53. The first-order valence-corrected chi connectivity index (χ1v) is 9.02. The average Bonchev–Trinajstić information content (AvgIpc) is 2.94. The van der Waals surface area contributed by atoms with Crippen molar-refractivity contribution >= 4 is 33.6 Å². The molecule has 1 unspecified atom stereocenters. The molecule has 1 aromatic heterocycles. The molecule has 0 spiro atoms. The van der Waals surface area contributed by atoms with Gasteiger partial charge in [0.05, 0.1) is 11.9 Å². The normalized spacial score (nSPS) is 12.1. The molecular formula is C18H16BrN3OS. The lowest BCUT2D eigenvalue weighted by atomic mass is 10.1. The molecule has 0 aliphatic carbocycles. The number of hydrogen-bond donors (Lipinski definition) is 1. The van der Waals surface area contributed by atoms with Crippen molar-refractivity contribution in [1.82, 2.24) is 9.55 Å². The van der Waals surface area contributed by atoms with Crippen molar-refractivity contribution in [2.75, 3.05) is 0 Å². The van der Waals surface area contributed by atoms with Crippen LogP contribution in [0.5, 0.6) is 0 Å². The van der Waals surface area contributed by atoms with Crippen molar-refractivity contribution in [1.29, 1.82) is 0 Å². The van der Waals surface area contributed by atoms with E-state index in [-0.39, 0.29) is 5.91 Å². The molecule has 2 aromatic carbocycles. The van der Waals surface area contributed by atoms with Gasteiger partial charge in [-0.2, -0.15) is 0 Å². The third-order valence-electron chi connectivity index (χ3n) is 3.67. The van der Waals surface area contributed by atoms with Crippen molar-refractivity contribution in [3.63, 3.8) is 0 Å². The number of carbonyl (C=O) groups is 1. The van der Waals surface area contributed by atoms with Crippen LogP contribution in [0.2, 0.25) is 0 Å². The highest BCUT2D eigenvalue weighted by molar-refractivity contribution is 9.10. The minimum atomic E-state index is -0.468. The van der Waals surface area contributed by atoms with Gasteiger partial charge >= 0.3 is 0 Å². The van der Waals surface area contributed by atoms with E-state index >= 15 is 0 Å². The number of aromatic nitrogens is 2. The second-order valence-corrected chi connectivity index (χ2v) is 7.29. The Morgan fingerprint density at radius 2 is 1.83 bits per heavy atom. The van der Waals surface area contributed by atoms with Gasteiger partial charge in [0, 0.05) is 11.5 Å². The molecule has 6 heteroatoms. The first-order chi connectivity index (χ1) is 11.6. The van der Waals surface area contributed by atoms with Crippen LogP contribution >= 0.6 is 27.7 Å². The first-order valence-electron chi connectivity index (χ1n) is 7.35. The number of benzene rings is 2. The van der Waals surface area contributed by atoms with Gasteiger partial charge in [0.25, 0.3) is 0 Å². The standard InChI is InChI=1S/C18H16BrN3OS/c1-22-15(12-7-9-14(19)10-8-12)11-21-18(22)24-16(17(20)23)13-5-3-2-4-6-13/h2-11,16H,1H3,(H2,20,23). The Bertz CT molecular complexity index is 846. The van der Waals surface area contributed by atoms with Crippen LogP contribution in [-0.2, 0) is 11.8 Å². The van der Waals surface area contributed by atoms with E-state index in [1.54, 1.807) is 0 Å². The molecule has 0 bridgehead atoms. The largest absolute Gasteiger partial charge is 0.368 e. The van der Waals surface area contributed by atoms with Gasteiger partial charge in [-0.3, -0.25) is 4.79 Å².